The molecule has 5 rings (SSSR count). The molecule has 35 heavy (non-hydrogen) atoms. The van der Waals surface area contributed by atoms with E-state index in [1.54, 1.807) is 6.92 Å². The van der Waals surface area contributed by atoms with Gasteiger partial charge in [0.2, 0.25) is 0 Å². The quantitative estimate of drug-likeness (QED) is 0.401. The van der Waals surface area contributed by atoms with Gasteiger partial charge < -0.3 is 4.74 Å². The molecule has 0 heterocycles. The standard InChI is InChI=1S/C31H44O4/c1-20-18-24-25(29(3)15-12-23(33)19-27(20)29)13-16-30(4)26(24)14-17-31(30,21(2)32)35-28(34)11-10-22-8-6-5-7-9-22/h19,22,24-26H,1,5-18H2,2-4H3/t24-,25+,26+,29-,30+,31+/m1/s1. The third-order valence-electron chi connectivity index (χ3n) is 11.4. The summed E-state index contributed by atoms with van der Waals surface area (Å²) in [5.74, 6) is 1.97. The van der Waals surface area contributed by atoms with Gasteiger partial charge in [0.15, 0.2) is 17.2 Å². The molecule has 0 aromatic rings. The normalized spacial score (nSPS) is 41.5. The van der Waals surface area contributed by atoms with Crippen molar-refractivity contribution in [3.8, 4) is 0 Å². The van der Waals surface area contributed by atoms with Gasteiger partial charge in [-0.3, -0.25) is 14.4 Å². The Morgan fingerprint density at radius 2 is 1.74 bits per heavy atom. The monoisotopic (exact) mass is 480 g/mol. The second kappa shape index (κ2) is 8.99. The molecule has 0 saturated heterocycles. The summed E-state index contributed by atoms with van der Waals surface area (Å²) in [6.45, 7) is 10.6. The number of ether oxygens (including phenoxy) is 1. The molecule has 0 radical (unpaired) electrons. The second-order valence-electron chi connectivity index (χ2n) is 13.0. The predicted molar refractivity (Wildman–Crippen MR) is 137 cm³/mol. The van der Waals surface area contributed by atoms with Crippen LogP contribution in [-0.4, -0.2) is 23.1 Å². The van der Waals surface area contributed by atoms with Gasteiger partial charge in [0.25, 0.3) is 0 Å². The van der Waals surface area contributed by atoms with E-state index < -0.39 is 5.60 Å². The van der Waals surface area contributed by atoms with E-state index in [4.69, 9.17) is 4.74 Å². The van der Waals surface area contributed by atoms with Crippen LogP contribution in [0.15, 0.2) is 23.8 Å². The molecule has 0 bridgehead atoms. The highest BCUT2D eigenvalue weighted by atomic mass is 16.6. The van der Waals surface area contributed by atoms with Crippen LogP contribution in [0.5, 0.6) is 0 Å². The first-order chi connectivity index (χ1) is 16.6. The number of esters is 1. The Balaban J connectivity index is 1.37. The highest BCUT2D eigenvalue weighted by Gasteiger charge is 2.68. The molecule has 6 atom stereocenters. The summed E-state index contributed by atoms with van der Waals surface area (Å²) in [4.78, 5) is 38.6. The maximum absolute atomic E-state index is 13.3. The SMILES string of the molecule is C=C1C[C@@H]2[C@H](CC[C@@]3(C)[C@H]2CC[C@]3(OC(=O)CCC2CCCCC2)C(C)=O)[C@@]2(C)CCC(=O)C=C12. The van der Waals surface area contributed by atoms with Gasteiger partial charge in [0.1, 0.15) is 0 Å². The molecule has 0 aromatic heterocycles. The molecule has 4 nitrogen and oxygen atoms in total. The molecule has 0 amide bonds. The van der Waals surface area contributed by atoms with E-state index >= 15 is 0 Å². The third-order valence-corrected chi connectivity index (χ3v) is 11.4. The van der Waals surface area contributed by atoms with Crippen LogP contribution in [0.3, 0.4) is 0 Å². The van der Waals surface area contributed by atoms with Gasteiger partial charge >= 0.3 is 5.97 Å². The fourth-order valence-corrected chi connectivity index (χ4v) is 9.42. The van der Waals surface area contributed by atoms with Crippen molar-refractivity contribution < 1.29 is 19.1 Å². The van der Waals surface area contributed by atoms with Crippen molar-refractivity contribution in [1.82, 2.24) is 0 Å². The molecule has 5 aliphatic carbocycles. The third kappa shape index (κ3) is 3.89. The summed E-state index contributed by atoms with van der Waals surface area (Å²) in [7, 11) is 0. The molecule has 0 unspecified atom stereocenters. The van der Waals surface area contributed by atoms with Crippen molar-refractivity contribution >= 4 is 17.5 Å². The fourth-order valence-electron chi connectivity index (χ4n) is 9.42. The van der Waals surface area contributed by atoms with E-state index in [9.17, 15) is 14.4 Å². The Bertz CT molecular complexity index is 955. The largest absolute Gasteiger partial charge is 0.450 e. The molecule has 4 heteroatoms. The maximum atomic E-state index is 13.3. The molecule has 5 aliphatic rings. The smallest absolute Gasteiger partial charge is 0.306 e. The molecule has 0 N–H and O–H groups in total. The van der Waals surface area contributed by atoms with Gasteiger partial charge in [-0.05, 0) is 92.6 Å². The van der Waals surface area contributed by atoms with Crippen molar-refractivity contribution in [3.05, 3.63) is 23.8 Å². The molecule has 4 saturated carbocycles. The van der Waals surface area contributed by atoms with E-state index in [0.717, 1.165) is 44.1 Å². The number of hydrogen-bond donors (Lipinski definition) is 0. The lowest BCUT2D eigenvalue weighted by Gasteiger charge is -2.59. The van der Waals surface area contributed by atoms with E-state index in [2.05, 4.69) is 20.4 Å². The lowest BCUT2D eigenvalue weighted by Crippen LogP contribution is -2.58. The highest BCUT2D eigenvalue weighted by Crippen LogP contribution is 2.69. The first-order valence-corrected chi connectivity index (χ1v) is 14.3. The van der Waals surface area contributed by atoms with E-state index in [0.29, 0.717) is 42.9 Å². The number of carbonyl (C=O) groups excluding carboxylic acids is 3. The van der Waals surface area contributed by atoms with Crippen molar-refractivity contribution in [2.75, 3.05) is 0 Å². The van der Waals surface area contributed by atoms with Crippen molar-refractivity contribution in [1.29, 1.82) is 0 Å². The molecule has 0 aromatic carbocycles. The summed E-state index contributed by atoms with van der Waals surface area (Å²) >= 11 is 0. The minimum atomic E-state index is -0.993. The summed E-state index contributed by atoms with van der Waals surface area (Å²) in [6.07, 6.45) is 15.4. The van der Waals surface area contributed by atoms with Crippen molar-refractivity contribution in [2.45, 2.75) is 116 Å². The van der Waals surface area contributed by atoms with Gasteiger partial charge in [0, 0.05) is 18.3 Å². The number of hydrogen-bond acceptors (Lipinski definition) is 4. The zero-order valence-electron chi connectivity index (χ0n) is 22.1. The number of ketones is 2. The van der Waals surface area contributed by atoms with Crippen molar-refractivity contribution in [3.63, 3.8) is 0 Å². The van der Waals surface area contributed by atoms with Crippen molar-refractivity contribution in [2.24, 2.45) is 34.5 Å². The topological polar surface area (TPSA) is 60.4 Å². The molecular formula is C31H44O4. The van der Waals surface area contributed by atoms with Crippen LogP contribution in [-0.2, 0) is 19.1 Å². The zero-order chi connectivity index (χ0) is 25.0. The maximum Gasteiger partial charge on any atom is 0.306 e. The Morgan fingerprint density at radius 3 is 2.46 bits per heavy atom. The lowest BCUT2D eigenvalue weighted by atomic mass is 9.45. The average molecular weight is 481 g/mol. The van der Waals surface area contributed by atoms with E-state index in [-0.39, 0.29) is 28.4 Å². The average Bonchev–Trinajstić information content (AvgIpc) is 3.13. The van der Waals surface area contributed by atoms with Gasteiger partial charge in [-0.2, -0.15) is 0 Å². The Kier molecular flexibility index (Phi) is 6.41. The Labute approximate surface area is 211 Å². The molecule has 4 fully saturated rings. The van der Waals surface area contributed by atoms with E-state index in [1.807, 2.05) is 6.08 Å². The van der Waals surface area contributed by atoms with Gasteiger partial charge in [-0.1, -0.05) is 58.1 Å². The van der Waals surface area contributed by atoms with E-state index in [1.165, 1.54) is 37.7 Å². The van der Waals surface area contributed by atoms with Crippen LogP contribution in [0.2, 0.25) is 0 Å². The number of carbonyl (C=O) groups is 3. The Morgan fingerprint density at radius 1 is 1.03 bits per heavy atom. The molecular weight excluding hydrogens is 436 g/mol. The first-order valence-electron chi connectivity index (χ1n) is 14.3. The van der Waals surface area contributed by atoms with Crippen LogP contribution >= 0.6 is 0 Å². The predicted octanol–water partition coefficient (Wildman–Crippen LogP) is 6.92. The fraction of sp³-hybridized carbons (Fsp3) is 0.774. The van der Waals surface area contributed by atoms with Crippen LogP contribution in [0.25, 0.3) is 0 Å². The highest BCUT2D eigenvalue weighted by molar-refractivity contribution is 5.92. The number of allylic oxidation sites excluding steroid dienone is 2. The number of Topliss-reactive ketones (excluding diaryl/α,β-unsaturated/α-hetero) is 1. The summed E-state index contributed by atoms with van der Waals surface area (Å²) < 4.78 is 6.31. The summed E-state index contributed by atoms with van der Waals surface area (Å²) in [5, 5.41) is 0. The van der Waals surface area contributed by atoms with Crippen LogP contribution in [0.1, 0.15) is 111 Å². The molecule has 192 valence electrons. The lowest BCUT2D eigenvalue weighted by molar-refractivity contribution is -0.188. The number of fused-ring (bicyclic) bond motifs is 5. The molecule has 0 spiro atoms. The summed E-state index contributed by atoms with van der Waals surface area (Å²) in [6, 6.07) is 0. The summed E-state index contributed by atoms with van der Waals surface area (Å²) in [5.41, 5.74) is 0.961. The second-order valence-corrected chi connectivity index (χ2v) is 13.0. The van der Waals surface area contributed by atoms with Crippen LogP contribution in [0.4, 0.5) is 0 Å². The zero-order valence-corrected chi connectivity index (χ0v) is 22.1. The minimum Gasteiger partial charge on any atom is -0.450 e. The molecule has 0 aliphatic heterocycles. The number of rotatable bonds is 5. The Hall–Kier alpha value is -1.71. The van der Waals surface area contributed by atoms with Crippen LogP contribution < -0.4 is 0 Å². The van der Waals surface area contributed by atoms with Crippen LogP contribution in [0, 0.1) is 34.5 Å². The van der Waals surface area contributed by atoms with Gasteiger partial charge in [-0.25, -0.2) is 0 Å². The van der Waals surface area contributed by atoms with Gasteiger partial charge in [0.05, 0.1) is 0 Å². The van der Waals surface area contributed by atoms with Gasteiger partial charge in [-0.15, -0.1) is 0 Å². The minimum absolute atomic E-state index is 0.00656. The first kappa shape index (κ1) is 25.0.